The standard InChI is InChI=1S/C24H29FN2O2/c1-24(2,3)19-9-5-7-11-21(19)26-23(29)17-12-14-27(15-13-17)22(28)16-18-8-4-6-10-20(18)25/h4-11,17H,12-16H2,1-3H3,(H,26,29). The highest BCUT2D eigenvalue weighted by molar-refractivity contribution is 5.93. The third-order valence-electron chi connectivity index (χ3n) is 5.51. The molecule has 1 fully saturated rings. The molecule has 1 aliphatic heterocycles. The number of nitrogens with one attached hydrogen (secondary N) is 1. The second kappa shape index (κ2) is 8.76. The minimum absolute atomic E-state index is 0.00269. The zero-order valence-electron chi connectivity index (χ0n) is 17.4. The van der Waals surface area contributed by atoms with Crippen molar-refractivity contribution in [2.24, 2.45) is 5.92 Å². The Balaban J connectivity index is 1.56. The summed E-state index contributed by atoms with van der Waals surface area (Å²) in [7, 11) is 0. The van der Waals surface area contributed by atoms with E-state index in [4.69, 9.17) is 0 Å². The van der Waals surface area contributed by atoms with Crippen LogP contribution in [0.5, 0.6) is 0 Å². The maximum atomic E-state index is 13.8. The van der Waals surface area contributed by atoms with Crippen molar-refractivity contribution in [3.63, 3.8) is 0 Å². The van der Waals surface area contributed by atoms with E-state index in [1.54, 1.807) is 23.1 Å². The summed E-state index contributed by atoms with van der Waals surface area (Å²) < 4.78 is 13.8. The molecular formula is C24H29FN2O2. The van der Waals surface area contributed by atoms with Crippen molar-refractivity contribution in [1.82, 2.24) is 4.90 Å². The number of piperidine rings is 1. The van der Waals surface area contributed by atoms with Crippen LogP contribution in [0.3, 0.4) is 0 Å². The lowest BCUT2D eigenvalue weighted by Crippen LogP contribution is -2.42. The van der Waals surface area contributed by atoms with E-state index in [0.717, 1.165) is 11.3 Å². The molecule has 5 heteroatoms. The van der Waals surface area contributed by atoms with Crippen LogP contribution in [-0.2, 0) is 21.4 Å². The summed E-state index contributed by atoms with van der Waals surface area (Å²) in [6, 6.07) is 14.2. The van der Waals surface area contributed by atoms with Gasteiger partial charge in [0, 0.05) is 24.7 Å². The van der Waals surface area contributed by atoms with E-state index < -0.39 is 0 Å². The van der Waals surface area contributed by atoms with Crippen LogP contribution < -0.4 is 5.32 Å². The van der Waals surface area contributed by atoms with Crippen molar-refractivity contribution in [3.8, 4) is 0 Å². The largest absolute Gasteiger partial charge is 0.342 e. The number of carbonyl (C=O) groups is 2. The summed E-state index contributed by atoms with van der Waals surface area (Å²) in [6.07, 6.45) is 1.29. The normalized spacial score (nSPS) is 15.2. The van der Waals surface area contributed by atoms with Crippen molar-refractivity contribution < 1.29 is 14.0 Å². The number of benzene rings is 2. The molecule has 2 aromatic carbocycles. The van der Waals surface area contributed by atoms with E-state index in [2.05, 4.69) is 26.1 Å². The van der Waals surface area contributed by atoms with Crippen LogP contribution in [-0.4, -0.2) is 29.8 Å². The average Bonchev–Trinajstić information content (AvgIpc) is 2.69. The number of amides is 2. The monoisotopic (exact) mass is 396 g/mol. The van der Waals surface area contributed by atoms with E-state index in [0.29, 0.717) is 31.5 Å². The number of para-hydroxylation sites is 1. The van der Waals surface area contributed by atoms with Gasteiger partial charge in [-0.15, -0.1) is 0 Å². The number of hydrogen-bond acceptors (Lipinski definition) is 2. The Morgan fingerprint density at radius 2 is 1.66 bits per heavy atom. The number of rotatable bonds is 4. The van der Waals surface area contributed by atoms with Gasteiger partial charge in [0.05, 0.1) is 6.42 Å². The van der Waals surface area contributed by atoms with Gasteiger partial charge in [-0.2, -0.15) is 0 Å². The molecule has 0 saturated carbocycles. The van der Waals surface area contributed by atoms with Gasteiger partial charge in [-0.1, -0.05) is 57.2 Å². The summed E-state index contributed by atoms with van der Waals surface area (Å²) in [5, 5.41) is 3.09. The fourth-order valence-electron chi connectivity index (χ4n) is 3.79. The Kier molecular flexibility index (Phi) is 6.36. The van der Waals surface area contributed by atoms with Gasteiger partial charge in [-0.25, -0.2) is 4.39 Å². The molecule has 0 atom stereocenters. The SMILES string of the molecule is CC(C)(C)c1ccccc1NC(=O)C1CCN(C(=O)Cc2ccccc2F)CC1. The van der Waals surface area contributed by atoms with Crippen molar-refractivity contribution in [2.75, 3.05) is 18.4 Å². The van der Waals surface area contributed by atoms with Gasteiger partial charge in [-0.05, 0) is 41.5 Å². The predicted molar refractivity (Wildman–Crippen MR) is 113 cm³/mol. The first kappa shape index (κ1) is 21.0. The highest BCUT2D eigenvalue weighted by Crippen LogP contribution is 2.30. The third kappa shape index (κ3) is 5.22. The van der Waals surface area contributed by atoms with Gasteiger partial charge in [0.1, 0.15) is 5.82 Å². The smallest absolute Gasteiger partial charge is 0.227 e. The van der Waals surface area contributed by atoms with E-state index >= 15 is 0 Å². The second-order valence-electron chi connectivity index (χ2n) is 8.71. The Labute approximate surface area is 172 Å². The molecule has 1 saturated heterocycles. The molecule has 2 aromatic rings. The maximum absolute atomic E-state index is 13.8. The first-order valence-corrected chi connectivity index (χ1v) is 10.2. The Bertz CT molecular complexity index is 880. The zero-order valence-corrected chi connectivity index (χ0v) is 17.4. The van der Waals surface area contributed by atoms with Crippen molar-refractivity contribution in [3.05, 3.63) is 65.5 Å². The average molecular weight is 397 g/mol. The maximum Gasteiger partial charge on any atom is 0.227 e. The summed E-state index contributed by atoms with van der Waals surface area (Å²) in [4.78, 5) is 27.0. The first-order chi connectivity index (χ1) is 13.8. The number of anilines is 1. The minimum Gasteiger partial charge on any atom is -0.342 e. The van der Waals surface area contributed by atoms with Gasteiger partial charge in [-0.3, -0.25) is 9.59 Å². The van der Waals surface area contributed by atoms with Crippen molar-refractivity contribution in [2.45, 2.75) is 45.4 Å². The number of likely N-dealkylation sites (tertiary alicyclic amines) is 1. The summed E-state index contributed by atoms with van der Waals surface area (Å²) in [5.41, 5.74) is 2.30. The van der Waals surface area contributed by atoms with Gasteiger partial charge >= 0.3 is 0 Å². The molecule has 0 unspecified atom stereocenters. The molecule has 0 aromatic heterocycles. The molecule has 154 valence electrons. The molecule has 29 heavy (non-hydrogen) atoms. The summed E-state index contributed by atoms with van der Waals surface area (Å²) in [5.74, 6) is -0.567. The molecule has 0 aliphatic carbocycles. The van der Waals surface area contributed by atoms with Crippen LogP contribution in [0.1, 0.15) is 44.7 Å². The summed E-state index contributed by atoms with van der Waals surface area (Å²) >= 11 is 0. The quantitative estimate of drug-likeness (QED) is 0.825. The number of halogens is 1. The van der Waals surface area contributed by atoms with E-state index in [1.807, 2.05) is 24.3 Å². The van der Waals surface area contributed by atoms with E-state index in [1.165, 1.54) is 6.07 Å². The lowest BCUT2D eigenvalue weighted by Gasteiger charge is -2.32. The molecular weight excluding hydrogens is 367 g/mol. The third-order valence-corrected chi connectivity index (χ3v) is 5.51. The van der Waals surface area contributed by atoms with Crippen LogP contribution in [0.4, 0.5) is 10.1 Å². The highest BCUT2D eigenvalue weighted by Gasteiger charge is 2.28. The van der Waals surface area contributed by atoms with Gasteiger partial charge in [0.25, 0.3) is 0 Å². The van der Waals surface area contributed by atoms with Crippen LogP contribution in [0, 0.1) is 11.7 Å². The molecule has 0 spiro atoms. The lowest BCUT2D eigenvalue weighted by molar-refractivity contribution is -0.133. The fraction of sp³-hybridized carbons (Fsp3) is 0.417. The Hall–Kier alpha value is -2.69. The van der Waals surface area contributed by atoms with Crippen molar-refractivity contribution >= 4 is 17.5 Å². The molecule has 0 bridgehead atoms. The predicted octanol–water partition coefficient (Wildman–Crippen LogP) is 4.54. The number of hydrogen-bond donors (Lipinski definition) is 1. The van der Waals surface area contributed by atoms with Crippen molar-refractivity contribution in [1.29, 1.82) is 0 Å². The van der Waals surface area contributed by atoms with Crippen LogP contribution in [0.15, 0.2) is 48.5 Å². The molecule has 2 amide bonds. The molecule has 3 rings (SSSR count). The highest BCUT2D eigenvalue weighted by atomic mass is 19.1. The van der Waals surface area contributed by atoms with Crippen LogP contribution in [0.2, 0.25) is 0 Å². The molecule has 1 N–H and O–H groups in total. The van der Waals surface area contributed by atoms with E-state index in [-0.39, 0.29) is 35.4 Å². The van der Waals surface area contributed by atoms with Crippen LogP contribution >= 0.6 is 0 Å². The van der Waals surface area contributed by atoms with Gasteiger partial charge in [0.2, 0.25) is 11.8 Å². The summed E-state index contributed by atoms with van der Waals surface area (Å²) in [6.45, 7) is 7.41. The van der Waals surface area contributed by atoms with Crippen LogP contribution in [0.25, 0.3) is 0 Å². The molecule has 4 nitrogen and oxygen atoms in total. The van der Waals surface area contributed by atoms with E-state index in [9.17, 15) is 14.0 Å². The molecule has 1 aliphatic rings. The number of nitrogens with zero attached hydrogens (tertiary/aromatic N) is 1. The number of carbonyl (C=O) groups excluding carboxylic acids is 2. The van der Waals surface area contributed by atoms with Gasteiger partial charge in [0.15, 0.2) is 0 Å². The minimum atomic E-state index is -0.354. The first-order valence-electron chi connectivity index (χ1n) is 10.2. The Morgan fingerprint density at radius 3 is 2.31 bits per heavy atom. The fourth-order valence-corrected chi connectivity index (χ4v) is 3.79. The topological polar surface area (TPSA) is 49.4 Å². The lowest BCUT2D eigenvalue weighted by atomic mass is 9.85. The Morgan fingerprint density at radius 1 is 1.03 bits per heavy atom. The molecule has 0 radical (unpaired) electrons. The zero-order chi connectivity index (χ0) is 21.0. The second-order valence-corrected chi connectivity index (χ2v) is 8.71. The molecule has 1 heterocycles. The van der Waals surface area contributed by atoms with Gasteiger partial charge < -0.3 is 10.2 Å².